The van der Waals surface area contributed by atoms with Gasteiger partial charge in [0, 0.05) is 24.7 Å². The third-order valence-electron chi connectivity index (χ3n) is 3.00. The first-order chi connectivity index (χ1) is 10.2. The van der Waals surface area contributed by atoms with Gasteiger partial charge in [0.15, 0.2) is 0 Å². The summed E-state index contributed by atoms with van der Waals surface area (Å²) < 4.78 is 9.38. The molecule has 0 N–H and O–H groups in total. The van der Waals surface area contributed by atoms with E-state index in [1.54, 1.807) is 16.8 Å². The minimum atomic E-state index is 0.500. The molecule has 1 aromatic carbocycles. The van der Waals surface area contributed by atoms with Gasteiger partial charge in [0.2, 0.25) is 5.88 Å². The van der Waals surface area contributed by atoms with Gasteiger partial charge in [-0.1, -0.05) is 23.2 Å². The molecular weight excluding hydrogens is 309 g/mol. The molecule has 0 radical (unpaired) electrons. The van der Waals surface area contributed by atoms with Gasteiger partial charge in [-0.3, -0.25) is 0 Å². The minimum absolute atomic E-state index is 0.500. The third kappa shape index (κ3) is 3.40. The van der Waals surface area contributed by atoms with Crippen molar-refractivity contribution in [3.05, 3.63) is 65.0 Å². The second-order valence-electron chi connectivity index (χ2n) is 4.47. The molecule has 3 rings (SSSR count). The highest BCUT2D eigenvalue weighted by atomic mass is 35.5. The smallest absolute Gasteiger partial charge is 0.233 e. The Bertz CT molecular complexity index is 722. The van der Waals surface area contributed by atoms with Crippen LogP contribution in [0.5, 0.6) is 5.88 Å². The predicted molar refractivity (Wildman–Crippen MR) is 83.5 cm³/mol. The highest BCUT2D eigenvalue weighted by Gasteiger charge is 2.04. The van der Waals surface area contributed by atoms with Crippen LogP contribution in [0.3, 0.4) is 0 Å². The monoisotopic (exact) mass is 321 g/mol. The molecule has 2 aromatic heterocycles. The molecule has 3 aromatic rings. The van der Waals surface area contributed by atoms with Gasteiger partial charge in [0.05, 0.1) is 22.3 Å². The van der Waals surface area contributed by atoms with Crippen molar-refractivity contribution in [2.24, 2.45) is 0 Å². The van der Waals surface area contributed by atoms with Crippen LogP contribution in [0.2, 0.25) is 10.0 Å². The summed E-state index contributed by atoms with van der Waals surface area (Å²) in [5, 5.41) is 5.38. The maximum Gasteiger partial charge on any atom is 0.233 e. The molecule has 0 amide bonds. The van der Waals surface area contributed by atoms with Crippen molar-refractivity contribution in [2.75, 3.05) is 6.61 Å². The lowest BCUT2D eigenvalue weighted by molar-refractivity contribution is 0.286. The van der Waals surface area contributed by atoms with Gasteiger partial charge in [-0.15, -0.1) is 5.10 Å². The first kappa shape index (κ1) is 14.0. The molecular formula is C15H13Cl2N3O. The number of benzene rings is 1. The van der Waals surface area contributed by atoms with Crippen LogP contribution in [0.1, 0.15) is 0 Å². The van der Waals surface area contributed by atoms with Gasteiger partial charge in [-0.05, 0) is 30.3 Å². The fourth-order valence-corrected chi connectivity index (χ4v) is 2.22. The zero-order chi connectivity index (χ0) is 14.7. The van der Waals surface area contributed by atoms with Crippen molar-refractivity contribution >= 4 is 23.2 Å². The maximum absolute atomic E-state index is 6.00. The lowest BCUT2D eigenvalue weighted by atomic mass is 10.3. The predicted octanol–water partition coefficient (Wildman–Crippen LogP) is 4.06. The molecule has 0 aliphatic rings. The van der Waals surface area contributed by atoms with Crippen LogP contribution >= 0.6 is 23.2 Å². The molecule has 108 valence electrons. The lowest BCUT2D eigenvalue weighted by Gasteiger charge is -2.05. The summed E-state index contributed by atoms with van der Waals surface area (Å²) >= 11 is 11.9. The molecule has 6 heteroatoms. The molecule has 2 heterocycles. The number of halogens is 2. The average Bonchev–Trinajstić information content (AvgIpc) is 3.13. The fourth-order valence-electron chi connectivity index (χ4n) is 1.93. The number of aromatic nitrogens is 3. The molecule has 0 saturated heterocycles. The van der Waals surface area contributed by atoms with Gasteiger partial charge in [-0.2, -0.15) is 0 Å². The van der Waals surface area contributed by atoms with Crippen LogP contribution in [-0.4, -0.2) is 21.0 Å². The topological polar surface area (TPSA) is 32.0 Å². The maximum atomic E-state index is 6.00. The number of hydrogen-bond donors (Lipinski definition) is 0. The second-order valence-corrected chi connectivity index (χ2v) is 5.28. The normalized spacial score (nSPS) is 10.8. The zero-order valence-electron chi connectivity index (χ0n) is 11.1. The molecule has 0 bridgehead atoms. The van der Waals surface area contributed by atoms with Crippen LogP contribution in [0.15, 0.2) is 55.0 Å². The molecule has 0 saturated carbocycles. The largest absolute Gasteiger partial charge is 0.475 e. The first-order valence-electron chi connectivity index (χ1n) is 6.47. The Labute approximate surface area is 132 Å². The molecule has 0 fully saturated rings. The highest BCUT2D eigenvalue weighted by Crippen LogP contribution is 2.24. The number of rotatable bonds is 5. The SMILES string of the molecule is Clc1ccc(-n2ccc(OCCn3cccc3)n2)cc1Cl. The van der Waals surface area contributed by atoms with Crippen LogP contribution in [0.25, 0.3) is 5.69 Å². The molecule has 0 unspecified atom stereocenters. The van der Waals surface area contributed by atoms with Crippen LogP contribution < -0.4 is 4.74 Å². The molecule has 4 nitrogen and oxygen atoms in total. The van der Waals surface area contributed by atoms with Gasteiger partial charge in [-0.25, -0.2) is 4.68 Å². The number of ether oxygens (including phenoxy) is 1. The second kappa shape index (κ2) is 6.24. The molecule has 0 spiro atoms. The van der Waals surface area contributed by atoms with E-state index in [0.717, 1.165) is 12.2 Å². The third-order valence-corrected chi connectivity index (χ3v) is 3.74. The van der Waals surface area contributed by atoms with Gasteiger partial charge in [0.25, 0.3) is 0 Å². The summed E-state index contributed by atoms with van der Waals surface area (Å²) in [5.74, 6) is 0.577. The zero-order valence-corrected chi connectivity index (χ0v) is 12.6. The van der Waals surface area contributed by atoms with Crippen molar-refractivity contribution in [1.29, 1.82) is 0 Å². The van der Waals surface area contributed by atoms with Crippen molar-refractivity contribution < 1.29 is 4.74 Å². The van der Waals surface area contributed by atoms with Gasteiger partial charge >= 0.3 is 0 Å². The van der Waals surface area contributed by atoms with E-state index in [-0.39, 0.29) is 0 Å². The van der Waals surface area contributed by atoms with Gasteiger partial charge < -0.3 is 9.30 Å². The summed E-state index contributed by atoms with van der Waals surface area (Å²) in [4.78, 5) is 0. The van der Waals surface area contributed by atoms with Crippen molar-refractivity contribution in [2.45, 2.75) is 6.54 Å². The van der Waals surface area contributed by atoms with E-state index >= 15 is 0 Å². The van der Waals surface area contributed by atoms with Gasteiger partial charge in [0.1, 0.15) is 6.61 Å². The van der Waals surface area contributed by atoms with E-state index in [4.69, 9.17) is 27.9 Å². The molecule has 21 heavy (non-hydrogen) atoms. The summed E-state index contributed by atoms with van der Waals surface area (Å²) in [6, 6.07) is 11.1. The standard InChI is InChI=1S/C15H13Cl2N3O/c16-13-4-3-12(11-14(13)17)20-8-5-15(18-20)21-10-9-19-6-1-2-7-19/h1-8,11H,9-10H2. The Balaban J connectivity index is 1.64. The summed E-state index contributed by atoms with van der Waals surface area (Å²) in [6.07, 6.45) is 5.82. The van der Waals surface area contributed by atoms with E-state index in [9.17, 15) is 0 Å². The highest BCUT2D eigenvalue weighted by molar-refractivity contribution is 6.42. The minimum Gasteiger partial charge on any atom is -0.475 e. The summed E-state index contributed by atoms with van der Waals surface area (Å²) in [5.41, 5.74) is 0.838. The van der Waals surface area contributed by atoms with Crippen molar-refractivity contribution in [1.82, 2.24) is 14.3 Å². The Hall–Kier alpha value is -1.91. The quantitative estimate of drug-likeness (QED) is 0.709. The fraction of sp³-hybridized carbons (Fsp3) is 0.133. The molecule has 0 atom stereocenters. The van der Waals surface area contributed by atoms with E-state index in [2.05, 4.69) is 9.67 Å². The van der Waals surface area contributed by atoms with Crippen LogP contribution in [0, 0.1) is 0 Å². The van der Waals surface area contributed by atoms with E-state index in [1.807, 2.05) is 42.9 Å². The van der Waals surface area contributed by atoms with Crippen LogP contribution in [0.4, 0.5) is 0 Å². The van der Waals surface area contributed by atoms with Crippen molar-refractivity contribution in [3.63, 3.8) is 0 Å². The summed E-state index contributed by atoms with van der Waals surface area (Å²) in [7, 11) is 0. The van der Waals surface area contributed by atoms with E-state index in [0.29, 0.717) is 22.5 Å². The number of nitrogens with zero attached hydrogens (tertiary/aromatic N) is 3. The van der Waals surface area contributed by atoms with Crippen molar-refractivity contribution in [3.8, 4) is 11.6 Å². The summed E-state index contributed by atoms with van der Waals surface area (Å²) in [6.45, 7) is 1.35. The molecule has 0 aliphatic carbocycles. The van der Waals surface area contributed by atoms with E-state index in [1.165, 1.54) is 0 Å². The Morgan fingerprint density at radius 2 is 1.81 bits per heavy atom. The molecule has 0 aliphatic heterocycles. The first-order valence-corrected chi connectivity index (χ1v) is 7.22. The Kier molecular flexibility index (Phi) is 4.18. The Morgan fingerprint density at radius 1 is 1.00 bits per heavy atom. The number of hydrogen-bond acceptors (Lipinski definition) is 2. The van der Waals surface area contributed by atoms with E-state index < -0.39 is 0 Å². The Morgan fingerprint density at radius 3 is 2.57 bits per heavy atom. The lowest BCUT2D eigenvalue weighted by Crippen LogP contribution is -2.07. The average molecular weight is 322 g/mol. The van der Waals surface area contributed by atoms with Crippen LogP contribution in [-0.2, 0) is 6.54 Å².